The Hall–Kier alpha value is -0.170. The summed E-state index contributed by atoms with van der Waals surface area (Å²) in [5.74, 6) is 1.19. The van der Waals surface area contributed by atoms with Gasteiger partial charge in [0.05, 0.1) is 18.0 Å². The summed E-state index contributed by atoms with van der Waals surface area (Å²) in [5, 5.41) is 18.1. The summed E-state index contributed by atoms with van der Waals surface area (Å²) < 4.78 is 26.0. The molecule has 0 aromatic rings. The van der Waals surface area contributed by atoms with E-state index in [0.717, 1.165) is 12.8 Å². The molecule has 0 saturated heterocycles. The molecular weight excluding hydrogens is 278 g/mol. The fourth-order valence-electron chi connectivity index (χ4n) is 3.06. The average molecular weight is 307 g/mol. The third-order valence-corrected chi connectivity index (χ3v) is 7.39. The number of sulfonamides is 1. The molecule has 0 amide bonds. The second-order valence-electron chi connectivity index (χ2n) is 6.38. The minimum absolute atomic E-state index is 0.0616. The van der Waals surface area contributed by atoms with Crippen molar-refractivity contribution in [2.45, 2.75) is 51.2 Å². The number of nitrogens with zero attached hydrogens (tertiary/aromatic N) is 1. The van der Waals surface area contributed by atoms with Crippen molar-refractivity contribution in [3.05, 3.63) is 0 Å². The highest BCUT2D eigenvalue weighted by atomic mass is 32.2. The first-order valence-electron chi connectivity index (χ1n) is 7.50. The zero-order chi connectivity index (χ0) is 15.4. The van der Waals surface area contributed by atoms with Crippen LogP contribution in [0, 0.1) is 11.8 Å². The number of hydrogen-bond acceptors (Lipinski definition) is 4. The largest absolute Gasteiger partial charge is 0.395 e. The summed E-state index contributed by atoms with van der Waals surface area (Å²) in [5.41, 5.74) is 0. The van der Waals surface area contributed by atoms with Gasteiger partial charge in [-0.3, -0.25) is 0 Å². The minimum Gasteiger partial charge on any atom is -0.395 e. The van der Waals surface area contributed by atoms with Crippen LogP contribution in [0.5, 0.6) is 0 Å². The van der Waals surface area contributed by atoms with Crippen molar-refractivity contribution in [1.82, 2.24) is 4.31 Å². The Balaban J connectivity index is 2.85. The summed E-state index contributed by atoms with van der Waals surface area (Å²) in [4.78, 5) is 0. The Labute approximate surface area is 123 Å². The maximum atomic E-state index is 12.8. The van der Waals surface area contributed by atoms with Crippen LogP contribution in [0.2, 0.25) is 0 Å². The molecule has 120 valence electrons. The quantitative estimate of drug-likeness (QED) is 0.741. The van der Waals surface area contributed by atoms with Gasteiger partial charge in [0.2, 0.25) is 10.0 Å². The van der Waals surface area contributed by atoms with E-state index >= 15 is 0 Å². The highest BCUT2D eigenvalue weighted by Crippen LogP contribution is 2.41. The predicted octanol–water partition coefficient (Wildman–Crippen LogP) is 1.21. The molecule has 0 radical (unpaired) electrons. The third kappa shape index (κ3) is 3.72. The van der Waals surface area contributed by atoms with Gasteiger partial charge in [-0.25, -0.2) is 8.42 Å². The number of aliphatic hydroxyl groups is 2. The molecule has 5 nitrogen and oxygen atoms in total. The van der Waals surface area contributed by atoms with Gasteiger partial charge in [0.15, 0.2) is 0 Å². The van der Waals surface area contributed by atoms with Crippen LogP contribution in [-0.2, 0) is 10.0 Å². The van der Waals surface area contributed by atoms with Crippen molar-refractivity contribution in [3.63, 3.8) is 0 Å². The maximum Gasteiger partial charge on any atom is 0.219 e. The standard InChI is InChI=1S/C14H29NO4S/c1-12(2)13-4-6-14(3,7-5-13)20(18,19)15(8-10-16)9-11-17/h12-13,16-17H,4-11H2,1-3H3. The normalized spacial score (nSPS) is 28.2. The smallest absolute Gasteiger partial charge is 0.219 e. The first-order chi connectivity index (χ1) is 9.28. The fraction of sp³-hybridized carbons (Fsp3) is 1.00. The summed E-state index contributed by atoms with van der Waals surface area (Å²) in [6.07, 6.45) is 3.18. The molecule has 0 aromatic carbocycles. The van der Waals surface area contributed by atoms with E-state index in [4.69, 9.17) is 10.2 Å². The molecule has 20 heavy (non-hydrogen) atoms. The molecule has 1 aliphatic rings. The van der Waals surface area contributed by atoms with Crippen molar-refractivity contribution < 1.29 is 18.6 Å². The molecule has 1 aliphatic carbocycles. The van der Waals surface area contributed by atoms with Crippen LogP contribution in [0.25, 0.3) is 0 Å². The van der Waals surface area contributed by atoms with Gasteiger partial charge in [0.25, 0.3) is 0 Å². The zero-order valence-corrected chi connectivity index (χ0v) is 13.7. The second-order valence-corrected chi connectivity index (χ2v) is 8.83. The lowest BCUT2D eigenvalue weighted by molar-refractivity contribution is 0.204. The van der Waals surface area contributed by atoms with Crippen LogP contribution in [0.15, 0.2) is 0 Å². The van der Waals surface area contributed by atoms with Crippen molar-refractivity contribution >= 4 is 10.0 Å². The van der Waals surface area contributed by atoms with Crippen LogP contribution >= 0.6 is 0 Å². The monoisotopic (exact) mass is 307 g/mol. The van der Waals surface area contributed by atoms with E-state index in [1.54, 1.807) is 6.92 Å². The Morgan fingerprint density at radius 2 is 1.60 bits per heavy atom. The van der Waals surface area contributed by atoms with Crippen molar-refractivity contribution in [2.75, 3.05) is 26.3 Å². The second kappa shape index (κ2) is 7.20. The molecule has 1 rings (SSSR count). The van der Waals surface area contributed by atoms with E-state index in [9.17, 15) is 8.42 Å². The van der Waals surface area contributed by atoms with E-state index in [0.29, 0.717) is 24.7 Å². The SMILES string of the molecule is CC(C)C1CCC(C)(S(=O)(=O)N(CCO)CCO)CC1. The van der Waals surface area contributed by atoms with Crippen molar-refractivity contribution in [1.29, 1.82) is 0 Å². The predicted molar refractivity (Wildman–Crippen MR) is 79.9 cm³/mol. The van der Waals surface area contributed by atoms with Crippen LogP contribution < -0.4 is 0 Å². The topological polar surface area (TPSA) is 77.8 Å². The van der Waals surface area contributed by atoms with Gasteiger partial charge in [-0.1, -0.05) is 13.8 Å². The Kier molecular flexibility index (Phi) is 6.44. The lowest BCUT2D eigenvalue weighted by Gasteiger charge is -2.40. The first-order valence-corrected chi connectivity index (χ1v) is 8.94. The van der Waals surface area contributed by atoms with Crippen LogP contribution in [0.1, 0.15) is 46.5 Å². The van der Waals surface area contributed by atoms with Crippen molar-refractivity contribution in [2.24, 2.45) is 11.8 Å². The zero-order valence-electron chi connectivity index (χ0n) is 12.9. The van der Waals surface area contributed by atoms with Crippen molar-refractivity contribution in [3.8, 4) is 0 Å². The fourth-order valence-corrected chi connectivity index (χ4v) is 5.08. The van der Waals surface area contributed by atoms with Crippen LogP contribution in [0.3, 0.4) is 0 Å². The molecular formula is C14H29NO4S. The molecule has 1 fully saturated rings. The van der Waals surface area contributed by atoms with Gasteiger partial charge in [0, 0.05) is 13.1 Å². The molecule has 0 atom stereocenters. The Bertz CT molecular complexity index is 380. The number of aliphatic hydroxyl groups excluding tert-OH is 2. The van der Waals surface area contributed by atoms with Gasteiger partial charge >= 0.3 is 0 Å². The van der Waals surface area contributed by atoms with Gasteiger partial charge in [-0.05, 0) is 44.4 Å². The lowest BCUT2D eigenvalue weighted by Crippen LogP contribution is -2.50. The van der Waals surface area contributed by atoms with E-state index in [1.807, 2.05) is 0 Å². The first kappa shape index (κ1) is 17.9. The number of rotatable bonds is 7. The molecule has 0 aliphatic heterocycles. The highest BCUT2D eigenvalue weighted by molar-refractivity contribution is 7.90. The Morgan fingerprint density at radius 3 is 1.95 bits per heavy atom. The summed E-state index contributed by atoms with van der Waals surface area (Å²) in [6.45, 7) is 5.87. The summed E-state index contributed by atoms with van der Waals surface area (Å²) >= 11 is 0. The van der Waals surface area contributed by atoms with Gasteiger partial charge in [-0.15, -0.1) is 0 Å². The van der Waals surface area contributed by atoms with Crippen LogP contribution in [-0.4, -0.2) is 54.0 Å². The maximum absolute atomic E-state index is 12.8. The number of hydrogen-bond donors (Lipinski definition) is 2. The van der Waals surface area contributed by atoms with Gasteiger partial charge < -0.3 is 10.2 Å². The molecule has 2 N–H and O–H groups in total. The van der Waals surface area contributed by atoms with Gasteiger partial charge in [-0.2, -0.15) is 4.31 Å². The van der Waals surface area contributed by atoms with E-state index in [-0.39, 0.29) is 26.3 Å². The molecule has 1 saturated carbocycles. The average Bonchev–Trinajstić information content (AvgIpc) is 2.38. The molecule has 0 heterocycles. The molecule has 6 heteroatoms. The summed E-state index contributed by atoms with van der Waals surface area (Å²) in [7, 11) is -3.48. The van der Waals surface area contributed by atoms with Gasteiger partial charge in [0.1, 0.15) is 0 Å². The van der Waals surface area contributed by atoms with E-state index in [2.05, 4.69) is 13.8 Å². The molecule has 0 unspecified atom stereocenters. The minimum atomic E-state index is -3.48. The molecule has 0 spiro atoms. The van der Waals surface area contributed by atoms with Crippen LogP contribution in [0.4, 0.5) is 0 Å². The van der Waals surface area contributed by atoms with E-state index in [1.165, 1.54) is 4.31 Å². The summed E-state index contributed by atoms with van der Waals surface area (Å²) in [6, 6.07) is 0. The lowest BCUT2D eigenvalue weighted by atomic mass is 9.77. The highest BCUT2D eigenvalue weighted by Gasteiger charge is 2.45. The Morgan fingerprint density at radius 1 is 1.15 bits per heavy atom. The third-order valence-electron chi connectivity index (χ3n) is 4.69. The molecule has 0 bridgehead atoms. The van der Waals surface area contributed by atoms with E-state index < -0.39 is 14.8 Å². The molecule has 0 aromatic heterocycles.